The number of anilines is 1. The Kier molecular flexibility index (Phi) is 6.51. The molecule has 1 aliphatic rings. The molecule has 0 amide bonds. The Bertz CT molecular complexity index is 693. The van der Waals surface area contributed by atoms with Crippen LogP contribution >= 0.6 is 0 Å². The fraction of sp³-hybridized carbons (Fsp3) is 0.364. The topological polar surface area (TPSA) is 18.5 Å². The third-order valence-electron chi connectivity index (χ3n) is 4.45. The third kappa shape index (κ3) is 4.79. The van der Waals surface area contributed by atoms with Crippen molar-refractivity contribution in [3.63, 3.8) is 0 Å². The Balaban J connectivity index is 2.31. The number of hydrogen-bond acceptors (Lipinski definition) is 3. The molecule has 0 bridgehead atoms. The van der Waals surface area contributed by atoms with Gasteiger partial charge in [0.25, 0.3) is 0 Å². The van der Waals surface area contributed by atoms with Gasteiger partial charge in [-0.05, 0) is 44.9 Å². The molecule has 1 N–H and O–H groups in total. The van der Waals surface area contributed by atoms with Crippen LogP contribution in [0.5, 0.6) is 0 Å². The number of nitrogens with zero attached hydrogens (tertiary/aromatic N) is 2. The Morgan fingerprint density at radius 3 is 2.52 bits per heavy atom. The molecule has 0 fully saturated rings. The molecule has 0 unspecified atom stereocenters. The predicted molar refractivity (Wildman–Crippen MR) is 109 cm³/mol. The Hall–Kier alpha value is -2.42. The van der Waals surface area contributed by atoms with Gasteiger partial charge in [-0.3, -0.25) is 0 Å². The van der Waals surface area contributed by atoms with E-state index in [-0.39, 0.29) is 0 Å². The first-order chi connectivity index (χ1) is 11.9. The molecule has 3 heteroatoms. The largest absolute Gasteiger partial charge is 0.373 e. The molecule has 1 aliphatic heterocycles. The van der Waals surface area contributed by atoms with Crippen molar-refractivity contribution in [3.05, 3.63) is 77.8 Å². The van der Waals surface area contributed by atoms with Crippen molar-refractivity contribution in [2.75, 3.05) is 24.5 Å². The highest BCUT2D eigenvalue weighted by atomic mass is 15.3. The summed E-state index contributed by atoms with van der Waals surface area (Å²) in [5, 5.41) is 3.34. The van der Waals surface area contributed by atoms with Gasteiger partial charge in [0.2, 0.25) is 0 Å². The van der Waals surface area contributed by atoms with Crippen molar-refractivity contribution in [2.45, 2.75) is 34.2 Å². The molecular weight excluding hydrogens is 306 g/mol. The van der Waals surface area contributed by atoms with Crippen molar-refractivity contribution >= 4 is 5.69 Å². The fourth-order valence-electron chi connectivity index (χ4n) is 2.96. The number of hydrogen-bond donors (Lipinski definition) is 1. The van der Waals surface area contributed by atoms with Crippen LogP contribution in [0.25, 0.3) is 0 Å². The average Bonchev–Trinajstić information content (AvgIpc) is 2.79. The molecule has 1 aromatic rings. The maximum absolute atomic E-state index is 4.37. The van der Waals surface area contributed by atoms with E-state index in [0.717, 1.165) is 37.7 Å². The molecule has 0 spiro atoms. The molecule has 134 valence electrons. The van der Waals surface area contributed by atoms with Gasteiger partial charge >= 0.3 is 0 Å². The van der Waals surface area contributed by atoms with Crippen molar-refractivity contribution in [1.82, 2.24) is 10.2 Å². The first kappa shape index (κ1) is 18.9. The summed E-state index contributed by atoms with van der Waals surface area (Å²) < 4.78 is 0. The van der Waals surface area contributed by atoms with E-state index in [4.69, 9.17) is 0 Å². The maximum Gasteiger partial charge on any atom is 0.0942 e. The quantitative estimate of drug-likeness (QED) is 0.751. The van der Waals surface area contributed by atoms with Crippen LogP contribution in [0.4, 0.5) is 5.69 Å². The lowest BCUT2D eigenvalue weighted by Crippen LogP contribution is -2.34. The van der Waals surface area contributed by atoms with Crippen molar-refractivity contribution in [3.8, 4) is 0 Å². The minimum atomic E-state index is 0.864. The van der Waals surface area contributed by atoms with Gasteiger partial charge in [0.05, 0.1) is 5.82 Å². The average molecular weight is 338 g/mol. The second kappa shape index (κ2) is 8.61. The summed E-state index contributed by atoms with van der Waals surface area (Å²) in [6.07, 6.45) is 4.30. The molecule has 2 rings (SSSR count). The molecule has 0 radical (unpaired) electrons. The Morgan fingerprint density at radius 2 is 1.84 bits per heavy atom. The second-order valence-electron chi connectivity index (χ2n) is 6.72. The van der Waals surface area contributed by atoms with Crippen LogP contribution in [0.15, 0.2) is 72.2 Å². The van der Waals surface area contributed by atoms with Gasteiger partial charge in [-0.1, -0.05) is 49.1 Å². The number of rotatable bonds is 6. The normalized spacial score (nSPS) is 14.5. The van der Waals surface area contributed by atoms with Crippen LogP contribution in [-0.2, 0) is 6.54 Å². The summed E-state index contributed by atoms with van der Waals surface area (Å²) in [5.41, 5.74) is 6.08. The van der Waals surface area contributed by atoms with E-state index in [1.807, 2.05) is 0 Å². The van der Waals surface area contributed by atoms with E-state index >= 15 is 0 Å². The van der Waals surface area contributed by atoms with Gasteiger partial charge in [0, 0.05) is 37.6 Å². The summed E-state index contributed by atoms with van der Waals surface area (Å²) in [6, 6.07) is 8.59. The van der Waals surface area contributed by atoms with E-state index in [1.165, 1.54) is 22.4 Å². The molecule has 3 nitrogen and oxygen atoms in total. The van der Waals surface area contributed by atoms with Gasteiger partial charge in [-0.2, -0.15) is 0 Å². The van der Waals surface area contributed by atoms with E-state index in [2.05, 4.69) is 92.4 Å². The van der Waals surface area contributed by atoms with E-state index in [9.17, 15) is 0 Å². The maximum atomic E-state index is 4.37. The molecule has 0 saturated heterocycles. The van der Waals surface area contributed by atoms with Crippen LogP contribution in [0.1, 0.15) is 33.3 Å². The number of allylic oxidation sites excluding steroid dienone is 4. The summed E-state index contributed by atoms with van der Waals surface area (Å²) in [6.45, 7) is 20.6. The Morgan fingerprint density at radius 1 is 1.12 bits per heavy atom. The number of benzene rings is 1. The van der Waals surface area contributed by atoms with Gasteiger partial charge in [0.15, 0.2) is 0 Å². The smallest absolute Gasteiger partial charge is 0.0942 e. The molecule has 1 aromatic carbocycles. The summed E-state index contributed by atoms with van der Waals surface area (Å²) >= 11 is 0. The first-order valence-corrected chi connectivity index (χ1v) is 8.98. The molecule has 1 heterocycles. The highest BCUT2D eigenvalue weighted by Crippen LogP contribution is 2.30. The minimum absolute atomic E-state index is 0.864. The highest BCUT2D eigenvalue weighted by Gasteiger charge is 2.22. The van der Waals surface area contributed by atoms with Crippen molar-refractivity contribution in [2.24, 2.45) is 0 Å². The third-order valence-corrected chi connectivity index (χ3v) is 4.45. The molecule has 25 heavy (non-hydrogen) atoms. The zero-order chi connectivity index (χ0) is 18.4. The number of fused-ring (bicyclic) bond motifs is 1. The first-order valence-electron chi connectivity index (χ1n) is 8.98. The second-order valence-corrected chi connectivity index (χ2v) is 6.72. The van der Waals surface area contributed by atoms with Crippen LogP contribution in [0, 0.1) is 0 Å². The molecule has 0 atom stereocenters. The highest BCUT2D eigenvalue weighted by molar-refractivity contribution is 5.61. The fourth-order valence-corrected chi connectivity index (χ4v) is 2.96. The van der Waals surface area contributed by atoms with Crippen LogP contribution in [0.3, 0.4) is 0 Å². The van der Waals surface area contributed by atoms with Gasteiger partial charge in [-0.15, -0.1) is 0 Å². The minimum Gasteiger partial charge on any atom is -0.373 e. The lowest BCUT2D eigenvalue weighted by atomic mass is 10.1. The SMILES string of the molecule is C=C(NCC)N1CCN(C(=C)/C(C)=C/C=C(C)C)c2ccccc2C1. The lowest BCUT2D eigenvalue weighted by Gasteiger charge is -2.28. The van der Waals surface area contributed by atoms with Gasteiger partial charge < -0.3 is 15.1 Å². The molecular formula is C22H31N3. The Labute approximate surface area is 153 Å². The van der Waals surface area contributed by atoms with Crippen molar-refractivity contribution in [1.29, 1.82) is 0 Å². The van der Waals surface area contributed by atoms with E-state index < -0.39 is 0 Å². The van der Waals surface area contributed by atoms with Gasteiger partial charge in [-0.25, -0.2) is 0 Å². The summed E-state index contributed by atoms with van der Waals surface area (Å²) in [7, 11) is 0. The van der Waals surface area contributed by atoms with Crippen LogP contribution < -0.4 is 10.2 Å². The number of para-hydroxylation sites is 1. The molecule has 0 aromatic heterocycles. The zero-order valence-electron chi connectivity index (χ0n) is 16.1. The van der Waals surface area contributed by atoms with E-state index in [1.54, 1.807) is 0 Å². The molecule has 0 saturated carbocycles. The monoisotopic (exact) mass is 337 g/mol. The number of nitrogens with one attached hydrogen (secondary N) is 1. The summed E-state index contributed by atoms with van der Waals surface area (Å²) in [5.74, 6) is 0.988. The van der Waals surface area contributed by atoms with Crippen LogP contribution in [-0.4, -0.2) is 24.5 Å². The summed E-state index contributed by atoms with van der Waals surface area (Å²) in [4.78, 5) is 4.64. The molecule has 0 aliphatic carbocycles. The van der Waals surface area contributed by atoms with Crippen LogP contribution in [0.2, 0.25) is 0 Å². The van der Waals surface area contributed by atoms with Gasteiger partial charge in [0.1, 0.15) is 0 Å². The predicted octanol–water partition coefficient (Wildman–Crippen LogP) is 4.82. The standard InChI is InChI=1S/C22H31N3/c1-7-23-20(6)24-14-15-25(19(5)18(4)13-12-17(2)3)22-11-9-8-10-21(22)16-24/h8-13,23H,5-7,14-16H2,1-4H3/b18-13+. The van der Waals surface area contributed by atoms with E-state index in [0.29, 0.717) is 0 Å². The van der Waals surface area contributed by atoms with Crippen molar-refractivity contribution < 1.29 is 0 Å². The lowest BCUT2D eigenvalue weighted by molar-refractivity contribution is 0.329. The zero-order valence-corrected chi connectivity index (χ0v) is 16.1.